The highest BCUT2D eigenvalue weighted by Gasteiger charge is 2.25. The lowest BCUT2D eigenvalue weighted by Crippen LogP contribution is -2.41. The lowest BCUT2D eigenvalue weighted by Gasteiger charge is -2.36. The molecule has 2 rings (SSSR count). The van der Waals surface area contributed by atoms with Crippen LogP contribution in [0.1, 0.15) is 24.4 Å². The molecule has 0 spiro atoms. The summed E-state index contributed by atoms with van der Waals surface area (Å²) in [7, 11) is 2.14. The van der Waals surface area contributed by atoms with Crippen LogP contribution in [0.15, 0.2) is 23.0 Å². The Balaban J connectivity index is 2.02. The van der Waals surface area contributed by atoms with Crippen molar-refractivity contribution in [2.75, 3.05) is 26.8 Å². The van der Waals surface area contributed by atoms with E-state index >= 15 is 0 Å². The van der Waals surface area contributed by atoms with Gasteiger partial charge in [0.1, 0.15) is 0 Å². The first-order valence-corrected chi connectivity index (χ1v) is 5.84. The summed E-state index contributed by atoms with van der Waals surface area (Å²) in [5.41, 5.74) is 7.02. The summed E-state index contributed by atoms with van der Waals surface area (Å²) in [5, 5.41) is 0. The zero-order chi connectivity index (χ0) is 11.4. The van der Waals surface area contributed by atoms with Crippen LogP contribution in [0.2, 0.25) is 0 Å². The fourth-order valence-corrected chi connectivity index (χ4v) is 2.35. The van der Waals surface area contributed by atoms with Gasteiger partial charge < -0.3 is 14.9 Å². The Morgan fingerprint density at radius 3 is 2.81 bits per heavy atom. The SMILES string of the molecule is CN(C1CCOCC1)C(CN)c1ccoc1. The number of nitrogens with zero attached hydrogens (tertiary/aromatic N) is 1. The van der Waals surface area contributed by atoms with Gasteiger partial charge in [-0.05, 0) is 26.0 Å². The quantitative estimate of drug-likeness (QED) is 0.839. The Morgan fingerprint density at radius 2 is 2.25 bits per heavy atom. The molecule has 1 aromatic rings. The minimum Gasteiger partial charge on any atom is -0.472 e. The van der Waals surface area contributed by atoms with Gasteiger partial charge >= 0.3 is 0 Å². The first-order valence-electron chi connectivity index (χ1n) is 5.84. The zero-order valence-electron chi connectivity index (χ0n) is 9.76. The van der Waals surface area contributed by atoms with Crippen molar-refractivity contribution in [2.24, 2.45) is 5.73 Å². The van der Waals surface area contributed by atoms with Crippen LogP contribution in [-0.4, -0.2) is 37.7 Å². The third-order valence-electron chi connectivity index (χ3n) is 3.41. The first-order chi connectivity index (χ1) is 7.83. The molecule has 0 bridgehead atoms. The van der Waals surface area contributed by atoms with Gasteiger partial charge in [-0.15, -0.1) is 0 Å². The molecule has 0 radical (unpaired) electrons. The fourth-order valence-electron chi connectivity index (χ4n) is 2.35. The van der Waals surface area contributed by atoms with Crippen molar-refractivity contribution in [3.63, 3.8) is 0 Å². The van der Waals surface area contributed by atoms with E-state index in [0.29, 0.717) is 12.6 Å². The molecule has 1 atom stereocenters. The third kappa shape index (κ3) is 2.45. The number of hydrogen-bond acceptors (Lipinski definition) is 4. The summed E-state index contributed by atoms with van der Waals surface area (Å²) in [5.74, 6) is 0. The van der Waals surface area contributed by atoms with Gasteiger partial charge in [0.05, 0.1) is 18.6 Å². The number of furan rings is 1. The summed E-state index contributed by atoms with van der Waals surface area (Å²) in [6.45, 7) is 2.34. The van der Waals surface area contributed by atoms with Gasteiger partial charge in [0.25, 0.3) is 0 Å². The summed E-state index contributed by atoms with van der Waals surface area (Å²) < 4.78 is 10.5. The zero-order valence-corrected chi connectivity index (χ0v) is 9.76. The van der Waals surface area contributed by atoms with Crippen LogP contribution in [0.3, 0.4) is 0 Å². The lowest BCUT2D eigenvalue weighted by atomic mass is 10.0. The van der Waals surface area contributed by atoms with Crippen molar-refractivity contribution < 1.29 is 9.15 Å². The molecule has 1 fully saturated rings. The predicted molar refractivity (Wildman–Crippen MR) is 62.1 cm³/mol. The van der Waals surface area contributed by atoms with Crippen LogP contribution in [0.25, 0.3) is 0 Å². The van der Waals surface area contributed by atoms with E-state index in [1.807, 2.05) is 6.07 Å². The number of nitrogens with two attached hydrogens (primary N) is 1. The normalized spacial score (nSPS) is 20.2. The standard InChI is InChI=1S/C12H20N2O2/c1-14(11-3-6-15-7-4-11)12(8-13)10-2-5-16-9-10/h2,5,9,11-12H,3-4,6-8,13H2,1H3. The van der Waals surface area contributed by atoms with E-state index in [0.717, 1.165) is 31.6 Å². The van der Waals surface area contributed by atoms with Gasteiger partial charge in [0.15, 0.2) is 0 Å². The summed E-state index contributed by atoms with van der Waals surface area (Å²) in [4.78, 5) is 2.35. The van der Waals surface area contributed by atoms with Crippen LogP contribution in [-0.2, 0) is 4.74 Å². The largest absolute Gasteiger partial charge is 0.472 e. The van der Waals surface area contributed by atoms with E-state index in [2.05, 4.69) is 11.9 Å². The average molecular weight is 224 g/mol. The van der Waals surface area contributed by atoms with Crippen molar-refractivity contribution in [2.45, 2.75) is 24.9 Å². The molecule has 1 aliphatic heterocycles. The average Bonchev–Trinajstić information content (AvgIpc) is 2.85. The van der Waals surface area contributed by atoms with Crippen molar-refractivity contribution in [3.05, 3.63) is 24.2 Å². The molecule has 0 saturated carbocycles. The van der Waals surface area contributed by atoms with E-state index < -0.39 is 0 Å². The van der Waals surface area contributed by atoms with Crippen molar-refractivity contribution in [1.29, 1.82) is 0 Å². The third-order valence-corrected chi connectivity index (χ3v) is 3.41. The maximum Gasteiger partial charge on any atom is 0.0950 e. The van der Waals surface area contributed by atoms with E-state index in [1.54, 1.807) is 12.5 Å². The summed E-state index contributed by atoms with van der Waals surface area (Å²) >= 11 is 0. The minimum atomic E-state index is 0.252. The molecule has 1 aromatic heterocycles. The van der Waals surface area contributed by atoms with Crippen LogP contribution in [0.4, 0.5) is 0 Å². The maximum absolute atomic E-state index is 5.86. The topological polar surface area (TPSA) is 51.6 Å². The van der Waals surface area contributed by atoms with Gasteiger partial charge in [-0.2, -0.15) is 0 Å². The first kappa shape index (κ1) is 11.6. The Morgan fingerprint density at radius 1 is 1.50 bits per heavy atom. The Labute approximate surface area is 96.4 Å². The fraction of sp³-hybridized carbons (Fsp3) is 0.667. The second-order valence-electron chi connectivity index (χ2n) is 4.32. The van der Waals surface area contributed by atoms with Gasteiger partial charge in [0, 0.05) is 31.4 Å². The molecule has 1 aliphatic rings. The molecular formula is C12H20N2O2. The van der Waals surface area contributed by atoms with E-state index in [9.17, 15) is 0 Å². The van der Waals surface area contributed by atoms with Gasteiger partial charge in [-0.1, -0.05) is 0 Å². The number of rotatable bonds is 4. The van der Waals surface area contributed by atoms with Crippen LogP contribution < -0.4 is 5.73 Å². The molecule has 2 heterocycles. The Hall–Kier alpha value is -0.840. The second-order valence-corrected chi connectivity index (χ2v) is 4.32. The van der Waals surface area contributed by atoms with E-state index in [4.69, 9.17) is 14.9 Å². The monoisotopic (exact) mass is 224 g/mol. The molecule has 0 amide bonds. The molecule has 1 saturated heterocycles. The van der Waals surface area contributed by atoms with Gasteiger partial charge in [-0.25, -0.2) is 0 Å². The van der Waals surface area contributed by atoms with Crippen LogP contribution in [0.5, 0.6) is 0 Å². The maximum atomic E-state index is 5.86. The predicted octanol–water partition coefficient (Wildman–Crippen LogP) is 1.39. The van der Waals surface area contributed by atoms with Crippen LogP contribution >= 0.6 is 0 Å². The second kappa shape index (κ2) is 5.48. The highest BCUT2D eigenvalue weighted by Crippen LogP contribution is 2.24. The highest BCUT2D eigenvalue weighted by atomic mass is 16.5. The summed E-state index contributed by atoms with van der Waals surface area (Å²) in [6, 6.07) is 2.81. The van der Waals surface area contributed by atoms with E-state index in [1.165, 1.54) is 0 Å². The van der Waals surface area contributed by atoms with Crippen molar-refractivity contribution >= 4 is 0 Å². The molecule has 16 heavy (non-hydrogen) atoms. The number of ether oxygens (including phenoxy) is 1. The molecule has 1 unspecified atom stereocenters. The molecule has 4 heteroatoms. The minimum absolute atomic E-state index is 0.252. The van der Waals surface area contributed by atoms with Gasteiger partial charge in [-0.3, -0.25) is 4.90 Å². The van der Waals surface area contributed by atoms with Crippen molar-refractivity contribution in [3.8, 4) is 0 Å². The molecule has 0 aromatic carbocycles. The summed E-state index contributed by atoms with van der Waals surface area (Å²) in [6.07, 6.45) is 5.67. The smallest absolute Gasteiger partial charge is 0.0950 e. The van der Waals surface area contributed by atoms with E-state index in [-0.39, 0.29) is 6.04 Å². The Kier molecular flexibility index (Phi) is 3.98. The number of likely N-dealkylation sites (N-methyl/N-ethyl adjacent to an activating group) is 1. The van der Waals surface area contributed by atoms with Crippen LogP contribution in [0, 0.1) is 0 Å². The number of hydrogen-bond donors (Lipinski definition) is 1. The Bertz CT molecular complexity index is 294. The lowest BCUT2D eigenvalue weighted by molar-refractivity contribution is 0.0293. The van der Waals surface area contributed by atoms with Gasteiger partial charge in [0.2, 0.25) is 0 Å². The molecule has 4 nitrogen and oxygen atoms in total. The molecular weight excluding hydrogens is 204 g/mol. The molecule has 90 valence electrons. The molecule has 2 N–H and O–H groups in total. The highest BCUT2D eigenvalue weighted by molar-refractivity contribution is 5.12. The van der Waals surface area contributed by atoms with Crippen molar-refractivity contribution in [1.82, 2.24) is 4.90 Å². The molecule has 0 aliphatic carbocycles.